The van der Waals surface area contributed by atoms with Crippen molar-refractivity contribution in [3.05, 3.63) is 35.9 Å². The van der Waals surface area contributed by atoms with Crippen molar-refractivity contribution < 1.29 is 9.53 Å². The SMILES string of the molecule is CCC(C)CNC1CC(NC(=O)OCc2ccccc2)C1. The van der Waals surface area contributed by atoms with E-state index in [4.69, 9.17) is 4.74 Å². The van der Waals surface area contributed by atoms with Crippen molar-refractivity contribution in [1.82, 2.24) is 10.6 Å². The van der Waals surface area contributed by atoms with Gasteiger partial charge in [-0.15, -0.1) is 0 Å². The van der Waals surface area contributed by atoms with Gasteiger partial charge in [0.2, 0.25) is 0 Å². The number of amides is 1. The monoisotopic (exact) mass is 290 g/mol. The van der Waals surface area contributed by atoms with Gasteiger partial charge in [0.1, 0.15) is 6.61 Å². The lowest BCUT2D eigenvalue weighted by atomic mass is 9.86. The van der Waals surface area contributed by atoms with Gasteiger partial charge in [0.15, 0.2) is 0 Å². The molecule has 1 aliphatic rings. The zero-order valence-corrected chi connectivity index (χ0v) is 13.0. The third-order valence-corrected chi connectivity index (χ3v) is 4.12. The summed E-state index contributed by atoms with van der Waals surface area (Å²) in [7, 11) is 0. The number of ether oxygens (including phenoxy) is 1. The Morgan fingerprint density at radius 1 is 1.29 bits per heavy atom. The molecule has 1 fully saturated rings. The molecule has 1 aliphatic carbocycles. The normalized spacial score (nSPS) is 22.2. The third kappa shape index (κ3) is 5.38. The smallest absolute Gasteiger partial charge is 0.407 e. The summed E-state index contributed by atoms with van der Waals surface area (Å²) in [5.74, 6) is 0.716. The second-order valence-corrected chi connectivity index (χ2v) is 5.99. The summed E-state index contributed by atoms with van der Waals surface area (Å²) in [5, 5.41) is 6.46. The molecule has 0 radical (unpaired) electrons. The highest BCUT2D eigenvalue weighted by molar-refractivity contribution is 5.67. The summed E-state index contributed by atoms with van der Waals surface area (Å²) in [6.45, 7) is 5.85. The Hall–Kier alpha value is -1.55. The molecule has 1 atom stereocenters. The maximum Gasteiger partial charge on any atom is 0.407 e. The van der Waals surface area contributed by atoms with Gasteiger partial charge in [-0.3, -0.25) is 0 Å². The fourth-order valence-electron chi connectivity index (χ4n) is 2.35. The molecule has 4 heteroatoms. The topological polar surface area (TPSA) is 50.4 Å². The molecule has 116 valence electrons. The van der Waals surface area contributed by atoms with Gasteiger partial charge in [0.25, 0.3) is 0 Å². The van der Waals surface area contributed by atoms with Gasteiger partial charge in [-0.05, 0) is 30.9 Å². The molecule has 1 amide bonds. The molecule has 1 aromatic carbocycles. The Bertz CT molecular complexity index is 430. The summed E-state index contributed by atoms with van der Waals surface area (Å²) in [6, 6.07) is 10.5. The summed E-state index contributed by atoms with van der Waals surface area (Å²) in [4.78, 5) is 11.7. The van der Waals surface area contributed by atoms with E-state index < -0.39 is 0 Å². The van der Waals surface area contributed by atoms with Crippen LogP contribution in [0.3, 0.4) is 0 Å². The first-order valence-electron chi connectivity index (χ1n) is 7.88. The molecule has 1 saturated carbocycles. The summed E-state index contributed by atoms with van der Waals surface area (Å²) >= 11 is 0. The minimum absolute atomic E-state index is 0.253. The minimum Gasteiger partial charge on any atom is -0.445 e. The maximum absolute atomic E-state index is 11.7. The Labute approximate surface area is 127 Å². The second-order valence-electron chi connectivity index (χ2n) is 5.99. The Balaban J connectivity index is 1.56. The Morgan fingerprint density at radius 2 is 2.00 bits per heavy atom. The lowest BCUT2D eigenvalue weighted by Gasteiger charge is -2.36. The van der Waals surface area contributed by atoms with Crippen molar-refractivity contribution in [2.75, 3.05) is 6.54 Å². The van der Waals surface area contributed by atoms with Crippen molar-refractivity contribution >= 4 is 6.09 Å². The van der Waals surface area contributed by atoms with E-state index in [1.807, 2.05) is 30.3 Å². The first kappa shape index (κ1) is 15.8. The van der Waals surface area contributed by atoms with Crippen LogP contribution in [0.5, 0.6) is 0 Å². The predicted octanol–water partition coefficient (Wildman–Crippen LogP) is 3.08. The molecule has 0 bridgehead atoms. The van der Waals surface area contributed by atoms with Crippen molar-refractivity contribution in [2.45, 2.75) is 51.8 Å². The Kier molecular flexibility index (Phi) is 6.05. The van der Waals surface area contributed by atoms with Crippen LogP contribution >= 0.6 is 0 Å². The number of alkyl carbamates (subject to hydrolysis) is 1. The van der Waals surface area contributed by atoms with Crippen LogP contribution in [0.2, 0.25) is 0 Å². The van der Waals surface area contributed by atoms with Gasteiger partial charge in [0, 0.05) is 12.1 Å². The number of hydrogen-bond acceptors (Lipinski definition) is 3. The molecule has 0 aliphatic heterocycles. The second kappa shape index (κ2) is 8.03. The van der Waals surface area contributed by atoms with Crippen LogP contribution in [0.4, 0.5) is 4.79 Å². The summed E-state index contributed by atoms with van der Waals surface area (Å²) < 4.78 is 5.21. The average Bonchev–Trinajstić information content (AvgIpc) is 2.48. The van der Waals surface area contributed by atoms with E-state index >= 15 is 0 Å². The molecule has 4 nitrogen and oxygen atoms in total. The fraction of sp³-hybridized carbons (Fsp3) is 0.588. The molecule has 0 heterocycles. The zero-order valence-electron chi connectivity index (χ0n) is 13.0. The molecule has 0 aromatic heterocycles. The number of rotatable bonds is 7. The molecule has 1 aromatic rings. The number of hydrogen-bond donors (Lipinski definition) is 2. The molecule has 2 rings (SSSR count). The van der Waals surface area contributed by atoms with E-state index in [1.54, 1.807) is 0 Å². The van der Waals surface area contributed by atoms with Gasteiger partial charge >= 0.3 is 6.09 Å². The quantitative estimate of drug-likeness (QED) is 0.811. The van der Waals surface area contributed by atoms with Crippen molar-refractivity contribution in [3.63, 3.8) is 0 Å². The van der Waals surface area contributed by atoms with Crippen LogP contribution in [-0.4, -0.2) is 24.7 Å². The fourth-order valence-corrected chi connectivity index (χ4v) is 2.35. The summed E-state index contributed by atoms with van der Waals surface area (Å²) in [5.41, 5.74) is 1.01. The highest BCUT2D eigenvalue weighted by Gasteiger charge is 2.30. The van der Waals surface area contributed by atoms with Crippen molar-refractivity contribution in [1.29, 1.82) is 0 Å². The molecule has 0 saturated heterocycles. The molecule has 0 spiro atoms. The van der Waals surface area contributed by atoms with E-state index in [0.29, 0.717) is 18.6 Å². The van der Waals surface area contributed by atoms with Crippen LogP contribution in [0.15, 0.2) is 30.3 Å². The first-order valence-corrected chi connectivity index (χ1v) is 7.88. The first-order chi connectivity index (χ1) is 10.2. The molecule has 1 unspecified atom stereocenters. The van der Waals surface area contributed by atoms with Gasteiger partial charge in [-0.1, -0.05) is 50.6 Å². The maximum atomic E-state index is 11.7. The van der Waals surface area contributed by atoms with Gasteiger partial charge < -0.3 is 15.4 Å². The molecule has 2 N–H and O–H groups in total. The van der Waals surface area contributed by atoms with E-state index in [0.717, 1.165) is 24.9 Å². The lowest BCUT2D eigenvalue weighted by Crippen LogP contribution is -2.53. The van der Waals surface area contributed by atoms with Gasteiger partial charge in [-0.25, -0.2) is 4.79 Å². The van der Waals surface area contributed by atoms with Gasteiger partial charge in [-0.2, -0.15) is 0 Å². The lowest BCUT2D eigenvalue weighted by molar-refractivity contribution is 0.125. The van der Waals surface area contributed by atoms with Gasteiger partial charge in [0.05, 0.1) is 0 Å². The van der Waals surface area contributed by atoms with E-state index in [-0.39, 0.29) is 12.1 Å². The van der Waals surface area contributed by atoms with Crippen molar-refractivity contribution in [2.24, 2.45) is 5.92 Å². The number of nitrogens with one attached hydrogen (secondary N) is 2. The molecule has 21 heavy (non-hydrogen) atoms. The standard InChI is InChI=1S/C17H26N2O2/c1-3-13(2)11-18-15-9-16(10-15)19-17(20)21-12-14-7-5-4-6-8-14/h4-8,13,15-16,18H,3,9-12H2,1-2H3,(H,19,20). The largest absolute Gasteiger partial charge is 0.445 e. The van der Waals surface area contributed by atoms with E-state index in [9.17, 15) is 4.79 Å². The van der Waals surface area contributed by atoms with Crippen LogP contribution in [0, 0.1) is 5.92 Å². The van der Waals surface area contributed by atoms with E-state index in [2.05, 4.69) is 24.5 Å². The predicted molar refractivity (Wildman–Crippen MR) is 84.0 cm³/mol. The van der Waals surface area contributed by atoms with Crippen molar-refractivity contribution in [3.8, 4) is 0 Å². The number of benzene rings is 1. The van der Waals surface area contributed by atoms with Crippen LogP contribution < -0.4 is 10.6 Å². The van der Waals surface area contributed by atoms with E-state index in [1.165, 1.54) is 6.42 Å². The summed E-state index contributed by atoms with van der Waals surface area (Å²) in [6.07, 6.45) is 2.88. The minimum atomic E-state index is -0.316. The van der Waals surface area contributed by atoms with Crippen LogP contribution in [0.1, 0.15) is 38.7 Å². The highest BCUT2D eigenvalue weighted by atomic mass is 16.5. The average molecular weight is 290 g/mol. The number of carbonyl (C=O) groups is 1. The zero-order chi connectivity index (χ0) is 15.1. The third-order valence-electron chi connectivity index (χ3n) is 4.12. The highest BCUT2D eigenvalue weighted by Crippen LogP contribution is 2.20. The van der Waals surface area contributed by atoms with Crippen LogP contribution in [0.25, 0.3) is 0 Å². The molecular weight excluding hydrogens is 264 g/mol. The number of carbonyl (C=O) groups excluding carboxylic acids is 1. The van der Waals surface area contributed by atoms with Crippen LogP contribution in [-0.2, 0) is 11.3 Å². The Morgan fingerprint density at radius 3 is 2.67 bits per heavy atom. The molecular formula is C17H26N2O2.